The summed E-state index contributed by atoms with van der Waals surface area (Å²) in [5.41, 5.74) is 4.66. The molecule has 0 heterocycles. The van der Waals surface area contributed by atoms with E-state index in [0.717, 1.165) is 12.1 Å². The number of nitrogens with two attached hydrogens (primary N) is 1. The Hall–Kier alpha value is -2.83. The third-order valence-corrected chi connectivity index (χ3v) is 2.54. The van der Waals surface area contributed by atoms with E-state index < -0.39 is 16.4 Å². The Balaban J connectivity index is 2.50. The molecule has 104 valence electrons. The van der Waals surface area contributed by atoms with Gasteiger partial charge < -0.3 is 15.2 Å². The number of rotatable bonds is 4. The fourth-order valence-corrected chi connectivity index (χ4v) is 1.69. The van der Waals surface area contributed by atoms with Gasteiger partial charge in [-0.25, -0.2) is 4.39 Å². The van der Waals surface area contributed by atoms with Gasteiger partial charge in [0.1, 0.15) is 11.5 Å². The summed E-state index contributed by atoms with van der Waals surface area (Å²) >= 11 is 0. The maximum Gasteiger partial charge on any atom is 0.334 e. The van der Waals surface area contributed by atoms with Crippen LogP contribution in [0.25, 0.3) is 0 Å². The lowest BCUT2D eigenvalue weighted by Gasteiger charge is -2.11. The van der Waals surface area contributed by atoms with Crippen LogP contribution in [0.15, 0.2) is 36.4 Å². The van der Waals surface area contributed by atoms with Gasteiger partial charge in [-0.3, -0.25) is 10.1 Å². The molecule has 0 unspecified atom stereocenters. The van der Waals surface area contributed by atoms with E-state index in [1.54, 1.807) is 24.3 Å². The predicted octanol–water partition coefficient (Wildman–Crippen LogP) is 3.12. The molecule has 0 saturated heterocycles. The highest BCUT2D eigenvalue weighted by Gasteiger charge is 2.22. The van der Waals surface area contributed by atoms with Crippen LogP contribution in [-0.2, 0) is 0 Å². The fraction of sp³-hybridized carbons (Fsp3) is 0.0769. The minimum absolute atomic E-state index is 0.225. The molecule has 0 atom stereocenters. The van der Waals surface area contributed by atoms with Crippen LogP contribution in [0.3, 0.4) is 0 Å². The first-order valence-corrected chi connectivity index (χ1v) is 5.57. The highest BCUT2D eigenvalue weighted by Crippen LogP contribution is 2.39. The molecule has 2 N–H and O–H groups in total. The van der Waals surface area contributed by atoms with Crippen molar-refractivity contribution in [2.75, 3.05) is 12.8 Å². The number of benzene rings is 2. The van der Waals surface area contributed by atoms with Gasteiger partial charge in [-0.2, -0.15) is 0 Å². The molecule has 2 aromatic carbocycles. The average Bonchev–Trinajstić information content (AvgIpc) is 2.38. The van der Waals surface area contributed by atoms with Crippen molar-refractivity contribution in [1.29, 1.82) is 0 Å². The van der Waals surface area contributed by atoms with Crippen LogP contribution in [0.5, 0.6) is 17.2 Å². The maximum atomic E-state index is 13.3. The molecule has 0 saturated carbocycles. The van der Waals surface area contributed by atoms with Gasteiger partial charge in [-0.15, -0.1) is 0 Å². The van der Waals surface area contributed by atoms with Crippen LogP contribution in [0.1, 0.15) is 0 Å². The van der Waals surface area contributed by atoms with Crippen LogP contribution in [0, 0.1) is 15.9 Å². The number of halogens is 1. The average molecular weight is 278 g/mol. The molecular weight excluding hydrogens is 267 g/mol. The van der Waals surface area contributed by atoms with Crippen molar-refractivity contribution in [1.82, 2.24) is 0 Å². The summed E-state index contributed by atoms with van der Waals surface area (Å²) in [4.78, 5) is 10.3. The van der Waals surface area contributed by atoms with E-state index in [1.807, 2.05) is 0 Å². The Kier molecular flexibility index (Phi) is 3.69. The first-order valence-electron chi connectivity index (χ1n) is 5.57. The zero-order chi connectivity index (χ0) is 14.7. The van der Waals surface area contributed by atoms with Gasteiger partial charge in [0.25, 0.3) is 0 Å². The van der Waals surface area contributed by atoms with Gasteiger partial charge >= 0.3 is 5.69 Å². The number of nitrogens with zero attached hydrogens (tertiary/aromatic N) is 1. The topological polar surface area (TPSA) is 87.6 Å². The van der Waals surface area contributed by atoms with E-state index in [4.69, 9.17) is 15.2 Å². The number of nitrogen functional groups attached to an aromatic ring is 1. The molecule has 0 aliphatic heterocycles. The lowest BCUT2D eigenvalue weighted by molar-refractivity contribution is -0.384. The van der Waals surface area contributed by atoms with E-state index in [9.17, 15) is 14.5 Å². The second-order valence-electron chi connectivity index (χ2n) is 3.85. The molecule has 0 fully saturated rings. The largest absolute Gasteiger partial charge is 0.493 e. The molecule has 0 spiro atoms. The summed E-state index contributed by atoms with van der Waals surface area (Å²) in [6, 6.07) is 8.30. The molecule has 7 heteroatoms. The number of para-hydroxylation sites is 2. The molecule has 0 aliphatic rings. The van der Waals surface area contributed by atoms with Crippen LogP contribution in [-0.4, -0.2) is 12.0 Å². The van der Waals surface area contributed by atoms with Crippen molar-refractivity contribution in [2.45, 2.75) is 0 Å². The summed E-state index contributed by atoms with van der Waals surface area (Å²) in [5.74, 6) is -0.414. The smallest absolute Gasteiger partial charge is 0.334 e. The van der Waals surface area contributed by atoms with Crippen LogP contribution in [0.4, 0.5) is 15.8 Å². The maximum absolute atomic E-state index is 13.3. The summed E-state index contributed by atoms with van der Waals surface area (Å²) in [5, 5.41) is 11.0. The number of methoxy groups -OCH3 is 1. The van der Waals surface area contributed by atoms with Gasteiger partial charge in [0.15, 0.2) is 11.5 Å². The lowest BCUT2D eigenvalue weighted by Crippen LogP contribution is -2.00. The number of anilines is 1. The van der Waals surface area contributed by atoms with Crippen molar-refractivity contribution < 1.29 is 18.8 Å². The molecule has 2 aromatic rings. The minimum atomic E-state index is -0.724. The molecule has 20 heavy (non-hydrogen) atoms. The fourth-order valence-electron chi connectivity index (χ4n) is 1.69. The number of ether oxygens (including phenoxy) is 2. The monoisotopic (exact) mass is 278 g/mol. The first kappa shape index (κ1) is 13.6. The van der Waals surface area contributed by atoms with Crippen molar-refractivity contribution >= 4 is 11.4 Å². The Labute approximate surface area is 113 Å². The SMILES string of the molecule is COc1ccccc1Oc1cc(F)cc(N)c1[N+](=O)[O-]. The quantitative estimate of drug-likeness (QED) is 0.527. The zero-order valence-corrected chi connectivity index (χ0v) is 10.5. The number of nitro benzene ring substituents is 1. The minimum Gasteiger partial charge on any atom is -0.493 e. The van der Waals surface area contributed by atoms with E-state index in [0.29, 0.717) is 5.75 Å². The summed E-state index contributed by atoms with van der Waals surface area (Å²) < 4.78 is 23.8. The van der Waals surface area contributed by atoms with Crippen molar-refractivity contribution in [3.8, 4) is 17.2 Å². The van der Waals surface area contributed by atoms with E-state index in [-0.39, 0.29) is 17.2 Å². The highest BCUT2D eigenvalue weighted by molar-refractivity contribution is 5.67. The van der Waals surface area contributed by atoms with Gasteiger partial charge in [0, 0.05) is 12.1 Å². The molecular formula is C13H11FN2O4. The number of hydrogen-bond acceptors (Lipinski definition) is 5. The standard InChI is InChI=1S/C13H11FN2O4/c1-19-10-4-2-3-5-11(10)20-12-7-8(14)6-9(15)13(12)16(17)18/h2-7H,15H2,1H3. The van der Waals surface area contributed by atoms with Gasteiger partial charge in [0.2, 0.25) is 5.75 Å². The Morgan fingerprint density at radius 2 is 1.85 bits per heavy atom. The predicted molar refractivity (Wildman–Crippen MR) is 70.5 cm³/mol. The van der Waals surface area contributed by atoms with E-state index in [2.05, 4.69) is 0 Å². The highest BCUT2D eigenvalue weighted by atomic mass is 19.1. The normalized spacial score (nSPS) is 10.1. The van der Waals surface area contributed by atoms with E-state index >= 15 is 0 Å². The molecule has 0 bridgehead atoms. The van der Waals surface area contributed by atoms with Crippen molar-refractivity contribution in [3.05, 3.63) is 52.3 Å². The summed E-state index contributed by atoms with van der Waals surface area (Å²) in [6.07, 6.45) is 0. The van der Waals surface area contributed by atoms with Gasteiger partial charge in [-0.05, 0) is 12.1 Å². The molecule has 2 rings (SSSR count). The Morgan fingerprint density at radius 3 is 2.45 bits per heavy atom. The molecule has 0 amide bonds. The van der Waals surface area contributed by atoms with Crippen molar-refractivity contribution in [3.63, 3.8) is 0 Å². The van der Waals surface area contributed by atoms with Crippen LogP contribution >= 0.6 is 0 Å². The zero-order valence-electron chi connectivity index (χ0n) is 10.5. The first-order chi connectivity index (χ1) is 9.52. The second kappa shape index (κ2) is 5.43. The van der Waals surface area contributed by atoms with Crippen LogP contribution in [0.2, 0.25) is 0 Å². The van der Waals surface area contributed by atoms with Crippen molar-refractivity contribution in [2.24, 2.45) is 0 Å². The summed E-state index contributed by atoms with van der Waals surface area (Å²) in [7, 11) is 1.43. The number of nitro groups is 1. The van der Waals surface area contributed by atoms with Gasteiger partial charge in [-0.1, -0.05) is 12.1 Å². The molecule has 6 nitrogen and oxygen atoms in total. The molecule has 0 radical (unpaired) electrons. The van der Waals surface area contributed by atoms with E-state index in [1.165, 1.54) is 7.11 Å². The molecule has 0 aliphatic carbocycles. The third-order valence-electron chi connectivity index (χ3n) is 2.54. The molecule has 0 aromatic heterocycles. The van der Waals surface area contributed by atoms with Crippen LogP contribution < -0.4 is 15.2 Å². The Bertz CT molecular complexity index is 661. The lowest BCUT2D eigenvalue weighted by atomic mass is 10.2. The Morgan fingerprint density at radius 1 is 1.20 bits per heavy atom. The summed E-state index contributed by atoms with van der Waals surface area (Å²) in [6.45, 7) is 0. The second-order valence-corrected chi connectivity index (χ2v) is 3.85. The van der Waals surface area contributed by atoms with Gasteiger partial charge in [0.05, 0.1) is 12.0 Å². The third kappa shape index (κ3) is 2.61. The number of hydrogen-bond donors (Lipinski definition) is 1.